The van der Waals surface area contributed by atoms with Crippen LogP contribution in [0.1, 0.15) is 24.8 Å². The van der Waals surface area contributed by atoms with Crippen LogP contribution < -0.4 is 0 Å². The topological polar surface area (TPSA) is 41.8 Å². The highest BCUT2D eigenvalue weighted by molar-refractivity contribution is 6.03. The smallest absolute Gasteiger partial charge is 0.138 e. The van der Waals surface area contributed by atoms with Crippen LogP contribution in [0.25, 0.3) is 0 Å². The number of rotatable bonds is 1. The van der Waals surface area contributed by atoms with Crippen molar-refractivity contribution in [1.29, 1.82) is 0 Å². The molecule has 3 atom stereocenters. The minimum atomic E-state index is -0.305. The summed E-state index contributed by atoms with van der Waals surface area (Å²) >= 11 is 0. The molecule has 0 aromatic heterocycles. The number of nitrogens with zero attached hydrogens (tertiary/aromatic N) is 1. The fourth-order valence-electron chi connectivity index (χ4n) is 2.65. The van der Waals surface area contributed by atoms with Gasteiger partial charge in [0.2, 0.25) is 0 Å². The summed E-state index contributed by atoms with van der Waals surface area (Å²) in [5.74, 6) is 0.0659. The lowest BCUT2D eigenvalue weighted by molar-refractivity contribution is -0.0145. The highest BCUT2D eigenvalue weighted by atomic mass is 16.6. The largest absolute Gasteiger partial charge is 0.392 e. The van der Waals surface area contributed by atoms with Crippen molar-refractivity contribution in [1.82, 2.24) is 0 Å². The number of hydrogen-bond acceptors (Lipinski definition) is 3. The summed E-state index contributed by atoms with van der Waals surface area (Å²) in [5.41, 5.74) is 1.98. The molecule has 16 heavy (non-hydrogen) atoms. The van der Waals surface area contributed by atoms with E-state index in [-0.39, 0.29) is 18.1 Å². The molecule has 0 bridgehead atoms. The van der Waals surface area contributed by atoms with Gasteiger partial charge >= 0.3 is 0 Å². The summed E-state index contributed by atoms with van der Waals surface area (Å²) in [6, 6.07) is 9.99. The van der Waals surface area contributed by atoms with Gasteiger partial charge in [-0.05, 0) is 24.8 Å². The van der Waals surface area contributed by atoms with E-state index >= 15 is 0 Å². The minimum Gasteiger partial charge on any atom is -0.392 e. The van der Waals surface area contributed by atoms with Gasteiger partial charge in [-0.2, -0.15) is 0 Å². The Balaban J connectivity index is 1.92. The Morgan fingerprint density at radius 1 is 1.19 bits per heavy atom. The summed E-state index contributed by atoms with van der Waals surface area (Å²) in [4.78, 5) is 5.42. The van der Waals surface area contributed by atoms with Crippen molar-refractivity contribution in [3.63, 3.8) is 0 Å². The van der Waals surface area contributed by atoms with Crippen molar-refractivity contribution in [2.45, 2.75) is 31.5 Å². The van der Waals surface area contributed by atoms with E-state index in [1.807, 2.05) is 30.3 Å². The fourth-order valence-corrected chi connectivity index (χ4v) is 2.65. The Kier molecular flexibility index (Phi) is 2.40. The highest BCUT2D eigenvalue weighted by Crippen LogP contribution is 2.34. The van der Waals surface area contributed by atoms with E-state index in [1.54, 1.807) is 0 Å². The minimum absolute atomic E-state index is 0.0659. The molecule has 1 heterocycles. The molecule has 1 fully saturated rings. The number of hydrogen-bond donors (Lipinski definition) is 1. The number of benzene rings is 1. The van der Waals surface area contributed by atoms with Crippen molar-refractivity contribution in [2.24, 2.45) is 11.1 Å². The SMILES string of the molecule is O[C@@H]1CCC[C@@H]2ON=C(c3ccccc3)[C@H]12. The van der Waals surface area contributed by atoms with Crippen molar-refractivity contribution in [3.8, 4) is 0 Å². The van der Waals surface area contributed by atoms with Crippen molar-refractivity contribution in [2.75, 3.05) is 0 Å². The predicted molar refractivity (Wildman–Crippen MR) is 61.2 cm³/mol. The van der Waals surface area contributed by atoms with Crippen LogP contribution in [-0.4, -0.2) is 23.0 Å². The van der Waals surface area contributed by atoms with E-state index in [1.165, 1.54) is 0 Å². The third kappa shape index (κ3) is 1.52. The van der Waals surface area contributed by atoms with E-state index in [0.717, 1.165) is 30.5 Å². The summed E-state index contributed by atoms with van der Waals surface area (Å²) < 4.78 is 0. The monoisotopic (exact) mass is 217 g/mol. The molecule has 3 heteroatoms. The summed E-state index contributed by atoms with van der Waals surface area (Å²) in [6.07, 6.45) is 2.66. The van der Waals surface area contributed by atoms with E-state index in [2.05, 4.69) is 5.16 Å². The van der Waals surface area contributed by atoms with Crippen molar-refractivity contribution in [3.05, 3.63) is 35.9 Å². The van der Waals surface area contributed by atoms with E-state index in [4.69, 9.17) is 4.84 Å². The van der Waals surface area contributed by atoms with E-state index < -0.39 is 0 Å². The molecule has 1 aliphatic heterocycles. The molecular formula is C13H15NO2. The first-order valence-electron chi connectivity index (χ1n) is 5.83. The Morgan fingerprint density at radius 3 is 2.81 bits per heavy atom. The van der Waals surface area contributed by atoms with Crippen LogP contribution in [0.4, 0.5) is 0 Å². The van der Waals surface area contributed by atoms with Crippen molar-refractivity contribution >= 4 is 5.71 Å². The first-order chi connectivity index (χ1) is 7.86. The first kappa shape index (κ1) is 9.85. The molecule has 1 aliphatic carbocycles. The molecule has 0 spiro atoms. The zero-order chi connectivity index (χ0) is 11.0. The molecule has 1 aromatic carbocycles. The molecule has 1 aromatic rings. The van der Waals surface area contributed by atoms with Crippen LogP contribution in [0.3, 0.4) is 0 Å². The highest BCUT2D eigenvalue weighted by Gasteiger charge is 2.42. The molecule has 0 unspecified atom stereocenters. The lowest BCUT2D eigenvalue weighted by atomic mass is 9.79. The molecular weight excluding hydrogens is 202 g/mol. The average Bonchev–Trinajstić information content (AvgIpc) is 2.75. The summed E-state index contributed by atoms with van der Waals surface area (Å²) in [6.45, 7) is 0. The summed E-state index contributed by atoms with van der Waals surface area (Å²) in [7, 11) is 0. The second-order valence-corrected chi connectivity index (χ2v) is 4.51. The molecule has 84 valence electrons. The molecule has 0 amide bonds. The van der Waals surface area contributed by atoms with Crippen LogP contribution in [0, 0.1) is 5.92 Å². The molecule has 3 rings (SSSR count). The molecule has 2 aliphatic rings. The maximum atomic E-state index is 10.1. The summed E-state index contributed by atoms with van der Waals surface area (Å²) in [5, 5.41) is 14.2. The molecule has 1 N–H and O–H groups in total. The Bertz CT molecular complexity index is 402. The van der Waals surface area contributed by atoms with E-state index in [9.17, 15) is 5.11 Å². The number of fused-ring (bicyclic) bond motifs is 1. The Morgan fingerprint density at radius 2 is 2.00 bits per heavy atom. The molecule has 0 saturated heterocycles. The van der Waals surface area contributed by atoms with E-state index in [0.29, 0.717) is 0 Å². The van der Waals surface area contributed by atoms with Gasteiger partial charge in [0.25, 0.3) is 0 Å². The first-order valence-corrected chi connectivity index (χ1v) is 5.83. The van der Waals surface area contributed by atoms with Crippen molar-refractivity contribution < 1.29 is 9.94 Å². The average molecular weight is 217 g/mol. The Hall–Kier alpha value is -1.35. The predicted octanol–water partition coefficient (Wildman–Crippen LogP) is 1.95. The normalized spacial score (nSPS) is 32.8. The van der Waals surface area contributed by atoms with Crippen LogP contribution in [0.2, 0.25) is 0 Å². The quantitative estimate of drug-likeness (QED) is 0.781. The van der Waals surface area contributed by atoms with Gasteiger partial charge in [-0.3, -0.25) is 0 Å². The third-order valence-corrected chi connectivity index (χ3v) is 3.48. The van der Waals surface area contributed by atoms with Gasteiger partial charge in [0, 0.05) is 0 Å². The van der Waals surface area contributed by atoms with Gasteiger partial charge in [0.1, 0.15) is 6.10 Å². The standard InChI is InChI=1S/C13H15NO2/c15-10-7-4-8-11-12(10)13(14-16-11)9-5-2-1-3-6-9/h1-3,5-6,10-12,15H,4,7-8H2/t10-,11+,12-/m1/s1. The van der Waals surface area contributed by atoms with Gasteiger partial charge in [-0.1, -0.05) is 35.5 Å². The van der Waals surface area contributed by atoms with Gasteiger partial charge in [-0.25, -0.2) is 0 Å². The fraction of sp³-hybridized carbons (Fsp3) is 0.462. The molecule has 0 radical (unpaired) electrons. The lowest BCUT2D eigenvalue weighted by Gasteiger charge is -2.28. The number of oxime groups is 1. The third-order valence-electron chi connectivity index (χ3n) is 3.48. The van der Waals surface area contributed by atoms with Gasteiger partial charge in [0.15, 0.2) is 0 Å². The number of aliphatic hydroxyl groups is 1. The lowest BCUT2D eigenvalue weighted by Crippen LogP contribution is -2.38. The second-order valence-electron chi connectivity index (χ2n) is 4.51. The molecule has 1 saturated carbocycles. The maximum Gasteiger partial charge on any atom is 0.138 e. The zero-order valence-electron chi connectivity index (χ0n) is 9.04. The maximum absolute atomic E-state index is 10.1. The van der Waals surface area contributed by atoms with Crippen LogP contribution in [0.15, 0.2) is 35.5 Å². The second kappa shape index (κ2) is 3.91. The van der Waals surface area contributed by atoms with Gasteiger partial charge in [-0.15, -0.1) is 0 Å². The van der Waals surface area contributed by atoms with Crippen LogP contribution >= 0.6 is 0 Å². The molecule has 3 nitrogen and oxygen atoms in total. The van der Waals surface area contributed by atoms with Gasteiger partial charge in [0.05, 0.1) is 17.7 Å². The van der Waals surface area contributed by atoms with Gasteiger partial charge < -0.3 is 9.94 Å². The number of aliphatic hydroxyl groups excluding tert-OH is 1. The zero-order valence-corrected chi connectivity index (χ0v) is 9.04. The van der Waals surface area contributed by atoms with Crippen LogP contribution in [0.5, 0.6) is 0 Å². The Labute approximate surface area is 94.7 Å². The van der Waals surface area contributed by atoms with Crippen LogP contribution in [-0.2, 0) is 4.84 Å².